The topological polar surface area (TPSA) is 92.5 Å². The number of nitrogens with zero attached hydrogens (tertiary/aromatic N) is 1. The molecule has 168 valence electrons. The maximum Gasteiger partial charge on any atom is 0.241 e. The SMILES string of the molecule is CC1CCN(C(=O)[C@@H](CCc2ccccc2)NS(=O)(=O)c2cc(Cl)c(N)c(Cl)c2)CC1. The molecule has 3 rings (SSSR count). The van der Waals surface area contributed by atoms with Gasteiger partial charge >= 0.3 is 0 Å². The van der Waals surface area contributed by atoms with Gasteiger partial charge in [-0.25, -0.2) is 8.42 Å². The maximum absolute atomic E-state index is 13.3. The summed E-state index contributed by atoms with van der Waals surface area (Å²) in [7, 11) is -4.04. The standard InChI is InChI=1S/C22H27Cl2N3O3S/c1-15-9-11-27(12-10-15)22(28)20(8-7-16-5-3-2-4-6-16)26-31(29,30)17-13-18(23)21(25)19(24)14-17/h2-6,13-15,20,26H,7-12,25H2,1H3/t20-/m1/s1. The number of rotatable bonds is 7. The summed E-state index contributed by atoms with van der Waals surface area (Å²) >= 11 is 12.0. The highest BCUT2D eigenvalue weighted by Crippen LogP contribution is 2.31. The van der Waals surface area contributed by atoms with Gasteiger partial charge in [-0.2, -0.15) is 4.72 Å². The van der Waals surface area contributed by atoms with Crippen molar-refractivity contribution < 1.29 is 13.2 Å². The van der Waals surface area contributed by atoms with Crippen molar-refractivity contribution in [2.75, 3.05) is 18.8 Å². The van der Waals surface area contributed by atoms with Crippen LogP contribution in [-0.4, -0.2) is 38.4 Å². The third kappa shape index (κ3) is 6.13. The summed E-state index contributed by atoms with van der Waals surface area (Å²) in [5, 5.41) is 0.0927. The van der Waals surface area contributed by atoms with E-state index in [4.69, 9.17) is 28.9 Å². The highest BCUT2D eigenvalue weighted by molar-refractivity contribution is 7.89. The smallest absolute Gasteiger partial charge is 0.241 e. The van der Waals surface area contributed by atoms with Crippen molar-refractivity contribution in [3.05, 3.63) is 58.1 Å². The highest BCUT2D eigenvalue weighted by Gasteiger charge is 2.31. The molecule has 2 aromatic rings. The number of nitrogens with one attached hydrogen (secondary N) is 1. The fraction of sp³-hybridized carbons (Fsp3) is 0.409. The van der Waals surface area contributed by atoms with Gasteiger partial charge in [-0.05, 0) is 49.3 Å². The Labute approximate surface area is 193 Å². The van der Waals surface area contributed by atoms with Crippen molar-refractivity contribution in [1.29, 1.82) is 0 Å². The van der Waals surface area contributed by atoms with Crippen LogP contribution in [0.4, 0.5) is 5.69 Å². The fourth-order valence-corrected chi connectivity index (χ4v) is 5.50. The molecule has 31 heavy (non-hydrogen) atoms. The van der Waals surface area contributed by atoms with Crippen LogP contribution < -0.4 is 10.5 Å². The lowest BCUT2D eigenvalue weighted by Gasteiger charge is -2.33. The van der Waals surface area contributed by atoms with Crippen molar-refractivity contribution in [3.63, 3.8) is 0 Å². The molecule has 3 N–H and O–H groups in total. The minimum atomic E-state index is -4.04. The van der Waals surface area contributed by atoms with Gasteiger partial charge in [-0.1, -0.05) is 60.5 Å². The van der Waals surface area contributed by atoms with Crippen LogP contribution >= 0.6 is 23.2 Å². The molecule has 1 amide bonds. The van der Waals surface area contributed by atoms with Gasteiger partial charge in [0.05, 0.1) is 20.6 Å². The Hall–Kier alpha value is -1.80. The van der Waals surface area contributed by atoms with E-state index in [1.165, 1.54) is 12.1 Å². The number of nitrogens with two attached hydrogens (primary N) is 1. The molecule has 0 aromatic heterocycles. The average Bonchev–Trinajstić information content (AvgIpc) is 2.75. The van der Waals surface area contributed by atoms with E-state index in [1.807, 2.05) is 30.3 Å². The zero-order valence-corrected chi connectivity index (χ0v) is 19.7. The number of piperidine rings is 1. The third-order valence-electron chi connectivity index (χ3n) is 5.62. The first-order chi connectivity index (χ1) is 14.7. The molecule has 9 heteroatoms. The van der Waals surface area contributed by atoms with Gasteiger partial charge in [0.15, 0.2) is 0 Å². The van der Waals surface area contributed by atoms with Gasteiger partial charge in [0.25, 0.3) is 0 Å². The summed E-state index contributed by atoms with van der Waals surface area (Å²) in [6.45, 7) is 3.41. The number of halogens is 2. The number of carbonyl (C=O) groups excluding carboxylic acids is 1. The van der Waals surface area contributed by atoms with Crippen LogP contribution in [0.3, 0.4) is 0 Å². The van der Waals surface area contributed by atoms with E-state index in [0.29, 0.717) is 31.8 Å². The first-order valence-electron chi connectivity index (χ1n) is 10.3. The van der Waals surface area contributed by atoms with Gasteiger partial charge in [0, 0.05) is 13.1 Å². The van der Waals surface area contributed by atoms with Crippen LogP contribution in [0.5, 0.6) is 0 Å². The van der Waals surface area contributed by atoms with Gasteiger partial charge in [-0.15, -0.1) is 0 Å². The molecule has 6 nitrogen and oxygen atoms in total. The van der Waals surface area contributed by atoms with Crippen LogP contribution in [0.2, 0.25) is 10.0 Å². The highest BCUT2D eigenvalue weighted by atomic mass is 35.5. The normalized spacial score (nSPS) is 16.3. The molecule has 1 aliphatic heterocycles. The fourth-order valence-electron chi connectivity index (χ4n) is 3.61. The van der Waals surface area contributed by atoms with E-state index < -0.39 is 16.1 Å². The number of anilines is 1. The molecule has 0 unspecified atom stereocenters. The number of amides is 1. The number of likely N-dealkylation sites (tertiary alicyclic amines) is 1. The van der Waals surface area contributed by atoms with E-state index in [-0.39, 0.29) is 26.5 Å². The molecule has 0 spiro atoms. The molecule has 0 radical (unpaired) electrons. The largest absolute Gasteiger partial charge is 0.396 e. The summed E-state index contributed by atoms with van der Waals surface area (Å²) in [5.74, 6) is 0.349. The number of aryl methyl sites for hydroxylation is 1. The summed E-state index contributed by atoms with van der Waals surface area (Å²) in [6.07, 6.45) is 2.72. The number of benzene rings is 2. The predicted molar refractivity (Wildman–Crippen MR) is 125 cm³/mol. The van der Waals surface area contributed by atoms with Gasteiger partial charge in [-0.3, -0.25) is 4.79 Å². The molecular weight excluding hydrogens is 457 g/mol. The minimum Gasteiger partial charge on any atom is -0.396 e. The Morgan fingerprint density at radius 2 is 1.74 bits per heavy atom. The van der Waals surface area contributed by atoms with Gasteiger partial charge in [0.1, 0.15) is 6.04 Å². The van der Waals surface area contributed by atoms with E-state index in [1.54, 1.807) is 4.90 Å². The van der Waals surface area contributed by atoms with Gasteiger partial charge in [0.2, 0.25) is 15.9 Å². The molecule has 1 saturated heterocycles. The second kappa shape index (κ2) is 10.2. The molecule has 2 aromatic carbocycles. The Balaban J connectivity index is 1.83. The first kappa shape index (κ1) is 23.9. The second-order valence-corrected chi connectivity index (χ2v) is 10.5. The zero-order chi connectivity index (χ0) is 22.6. The summed E-state index contributed by atoms with van der Waals surface area (Å²) in [4.78, 5) is 14.9. The average molecular weight is 484 g/mol. The lowest BCUT2D eigenvalue weighted by Crippen LogP contribution is -2.50. The number of sulfonamides is 1. The third-order valence-corrected chi connectivity index (χ3v) is 7.69. The molecule has 1 heterocycles. The maximum atomic E-state index is 13.3. The molecule has 0 aliphatic carbocycles. The van der Waals surface area contributed by atoms with Crippen molar-refractivity contribution in [2.45, 2.75) is 43.5 Å². The van der Waals surface area contributed by atoms with Crippen LogP contribution in [0.15, 0.2) is 47.4 Å². The van der Waals surface area contributed by atoms with Crippen molar-refractivity contribution in [3.8, 4) is 0 Å². The van der Waals surface area contributed by atoms with Gasteiger partial charge < -0.3 is 10.6 Å². The molecule has 0 saturated carbocycles. The lowest BCUT2D eigenvalue weighted by atomic mass is 9.98. The van der Waals surface area contributed by atoms with E-state index in [0.717, 1.165) is 18.4 Å². The lowest BCUT2D eigenvalue weighted by molar-refractivity contribution is -0.134. The first-order valence-corrected chi connectivity index (χ1v) is 12.5. The van der Waals surface area contributed by atoms with Crippen LogP contribution in [0.1, 0.15) is 31.7 Å². The molecule has 1 atom stereocenters. The van der Waals surface area contributed by atoms with Crippen molar-refractivity contribution in [2.24, 2.45) is 5.92 Å². The Bertz CT molecular complexity index is 1000. The molecule has 0 bridgehead atoms. The van der Waals surface area contributed by atoms with Crippen molar-refractivity contribution >= 4 is 44.8 Å². The molecule has 1 fully saturated rings. The molecule has 1 aliphatic rings. The number of carbonyl (C=O) groups is 1. The van der Waals surface area contributed by atoms with Crippen LogP contribution in [0.25, 0.3) is 0 Å². The summed E-state index contributed by atoms with van der Waals surface area (Å²) in [6, 6.07) is 11.3. The quantitative estimate of drug-likeness (QED) is 0.579. The number of hydrogen-bond acceptors (Lipinski definition) is 4. The van der Waals surface area contributed by atoms with Crippen molar-refractivity contribution in [1.82, 2.24) is 9.62 Å². The van der Waals surface area contributed by atoms with Crippen LogP contribution in [0, 0.1) is 5.92 Å². The number of hydrogen-bond donors (Lipinski definition) is 2. The Morgan fingerprint density at radius 1 is 1.16 bits per heavy atom. The molecular formula is C22H27Cl2N3O3S. The predicted octanol–water partition coefficient (Wildman–Crippen LogP) is 4.11. The van der Waals surface area contributed by atoms with E-state index in [2.05, 4.69) is 11.6 Å². The summed E-state index contributed by atoms with van der Waals surface area (Å²) < 4.78 is 28.7. The summed E-state index contributed by atoms with van der Waals surface area (Å²) in [5.41, 5.74) is 6.87. The minimum absolute atomic E-state index is 0.0463. The van der Waals surface area contributed by atoms with E-state index >= 15 is 0 Å². The number of nitrogen functional groups attached to an aromatic ring is 1. The van der Waals surface area contributed by atoms with E-state index in [9.17, 15) is 13.2 Å². The monoisotopic (exact) mass is 483 g/mol. The van der Waals surface area contributed by atoms with Crippen LogP contribution in [-0.2, 0) is 21.2 Å². The zero-order valence-electron chi connectivity index (χ0n) is 17.4. The Kier molecular flexibility index (Phi) is 7.86. The Morgan fingerprint density at radius 3 is 2.32 bits per heavy atom. The second-order valence-electron chi connectivity index (χ2n) is 8.01.